The molecule has 0 aliphatic carbocycles. The number of piperidine rings is 1. The van der Waals surface area contributed by atoms with Gasteiger partial charge in [-0.15, -0.1) is 0 Å². The zero-order valence-electron chi connectivity index (χ0n) is 13.6. The number of ether oxygens (including phenoxy) is 1. The van der Waals surface area contributed by atoms with E-state index in [-0.39, 0.29) is 0 Å². The van der Waals surface area contributed by atoms with E-state index in [1.165, 1.54) is 10.5 Å². The minimum atomic E-state index is -0.846. The molecule has 2 aromatic rings. The van der Waals surface area contributed by atoms with Gasteiger partial charge in [0.05, 0.1) is 7.11 Å². The number of carbonyl (C=O) groups is 1. The highest BCUT2D eigenvalue weighted by molar-refractivity contribution is 5.82. The van der Waals surface area contributed by atoms with Gasteiger partial charge in [0.1, 0.15) is 0 Å². The van der Waals surface area contributed by atoms with Gasteiger partial charge >= 0.3 is 6.09 Å². The van der Waals surface area contributed by atoms with Crippen LogP contribution in [-0.2, 0) is 0 Å². The van der Waals surface area contributed by atoms with Crippen LogP contribution in [-0.4, -0.2) is 41.3 Å². The Morgan fingerprint density at radius 3 is 2.46 bits per heavy atom. The summed E-state index contributed by atoms with van der Waals surface area (Å²) in [6.07, 6.45) is 2.37. The lowest BCUT2D eigenvalue weighted by Gasteiger charge is -2.28. The second-order valence-corrected chi connectivity index (χ2v) is 5.70. The minimum Gasteiger partial charge on any atom is -0.481 e. The molecule has 0 unspecified atom stereocenters. The number of carboxylic acid groups (broad SMARTS) is 1. The lowest BCUT2D eigenvalue weighted by Crippen LogP contribution is -2.35. The van der Waals surface area contributed by atoms with Gasteiger partial charge in [-0.3, -0.25) is 0 Å². The van der Waals surface area contributed by atoms with Gasteiger partial charge in [-0.25, -0.2) is 9.78 Å². The van der Waals surface area contributed by atoms with Crippen molar-refractivity contribution >= 4 is 11.7 Å². The third kappa shape index (κ3) is 3.40. The molecule has 1 fully saturated rings. The van der Waals surface area contributed by atoms with E-state index in [0.717, 1.165) is 29.5 Å². The number of nitrogens with zero attached hydrogens (tertiary/aromatic N) is 2. The first kappa shape index (κ1) is 16.1. The van der Waals surface area contributed by atoms with Crippen molar-refractivity contribution in [1.82, 2.24) is 9.88 Å². The Morgan fingerprint density at radius 2 is 1.83 bits per heavy atom. The van der Waals surface area contributed by atoms with Crippen molar-refractivity contribution in [2.24, 2.45) is 0 Å². The third-order valence-electron chi connectivity index (χ3n) is 4.29. The number of pyridine rings is 1. The summed E-state index contributed by atoms with van der Waals surface area (Å²) in [5, 5.41) is 9.15. The SMILES string of the molecule is COc1cc(C(=C2CCN(C(=O)O)CC2)c2ccccc2)ccn1. The molecule has 1 aromatic heterocycles. The third-order valence-corrected chi connectivity index (χ3v) is 4.29. The molecule has 24 heavy (non-hydrogen) atoms. The molecule has 1 amide bonds. The van der Waals surface area contributed by atoms with Crippen molar-refractivity contribution in [3.8, 4) is 5.88 Å². The molecule has 1 aromatic carbocycles. The highest BCUT2D eigenvalue weighted by Gasteiger charge is 2.21. The topological polar surface area (TPSA) is 62.7 Å². The molecule has 5 nitrogen and oxygen atoms in total. The summed E-state index contributed by atoms with van der Waals surface area (Å²) in [7, 11) is 1.60. The van der Waals surface area contributed by atoms with E-state index in [9.17, 15) is 4.79 Å². The number of benzene rings is 1. The summed E-state index contributed by atoms with van der Waals surface area (Å²) in [4.78, 5) is 16.8. The first-order chi connectivity index (χ1) is 11.7. The minimum absolute atomic E-state index is 0.531. The first-order valence-electron chi connectivity index (χ1n) is 7.95. The lowest BCUT2D eigenvalue weighted by atomic mass is 9.89. The van der Waals surface area contributed by atoms with E-state index < -0.39 is 6.09 Å². The van der Waals surface area contributed by atoms with Gasteiger partial charge in [0.15, 0.2) is 0 Å². The van der Waals surface area contributed by atoms with E-state index in [1.54, 1.807) is 13.3 Å². The fourth-order valence-electron chi connectivity index (χ4n) is 3.07. The number of hydrogen-bond acceptors (Lipinski definition) is 3. The Hall–Kier alpha value is -2.82. The van der Waals surface area contributed by atoms with E-state index in [0.29, 0.717) is 19.0 Å². The maximum absolute atomic E-state index is 11.1. The average Bonchev–Trinajstić information content (AvgIpc) is 2.63. The summed E-state index contributed by atoms with van der Waals surface area (Å²) in [6, 6.07) is 14.1. The number of likely N-dealkylation sites (tertiary alicyclic amines) is 1. The molecule has 0 atom stereocenters. The monoisotopic (exact) mass is 324 g/mol. The molecule has 0 saturated carbocycles. The van der Waals surface area contributed by atoms with E-state index in [2.05, 4.69) is 17.1 Å². The molecule has 3 rings (SSSR count). The Balaban J connectivity index is 2.03. The van der Waals surface area contributed by atoms with Crippen molar-refractivity contribution in [2.75, 3.05) is 20.2 Å². The van der Waals surface area contributed by atoms with Crippen molar-refractivity contribution < 1.29 is 14.6 Å². The fourth-order valence-corrected chi connectivity index (χ4v) is 3.07. The Morgan fingerprint density at radius 1 is 1.12 bits per heavy atom. The van der Waals surface area contributed by atoms with Crippen LogP contribution in [0.4, 0.5) is 4.79 Å². The highest BCUT2D eigenvalue weighted by Crippen LogP contribution is 2.33. The summed E-state index contributed by atoms with van der Waals surface area (Å²) in [6.45, 7) is 1.06. The number of aromatic nitrogens is 1. The van der Waals surface area contributed by atoms with Crippen LogP contribution < -0.4 is 4.74 Å². The van der Waals surface area contributed by atoms with Crippen molar-refractivity contribution in [3.63, 3.8) is 0 Å². The van der Waals surface area contributed by atoms with Gasteiger partial charge in [0, 0.05) is 25.4 Å². The average molecular weight is 324 g/mol. The molecule has 0 bridgehead atoms. The smallest absolute Gasteiger partial charge is 0.407 e. The van der Waals surface area contributed by atoms with Crippen LogP contribution in [0, 0.1) is 0 Å². The molecule has 2 heterocycles. The summed E-state index contributed by atoms with van der Waals surface area (Å²) in [5.41, 5.74) is 4.60. The Labute approximate surface area is 141 Å². The molecule has 124 valence electrons. The fraction of sp³-hybridized carbons (Fsp3) is 0.263. The lowest BCUT2D eigenvalue weighted by molar-refractivity contribution is 0.142. The molecule has 1 N–H and O–H groups in total. The predicted octanol–water partition coefficient (Wildman–Crippen LogP) is 3.67. The van der Waals surface area contributed by atoms with Gasteiger partial charge in [-0.05, 0) is 35.6 Å². The van der Waals surface area contributed by atoms with E-state index in [4.69, 9.17) is 9.84 Å². The summed E-state index contributed by atoms with van der Waals surface area (Å²) in [5.74, 6) is 0.574. The second-order valence-electron chi connectivity index (χ2n) is 5.70. The van der Waals surface area contributed by atoms with Crippen molar-refractivity contribution in [2.45, 2.75) is 12.8 Å². The predicted molar refractivity (Wildman–Crippen MR) is 92.1 cm³/mol. The maximum Gasteiger partial charge on any atom is 0.407 e. The van der Waals surface area contributed by atoms with Crippen LogP contribution >= 0.6 is 0 Å². The molecule has 1 aliphatic heterocycles. The normalized spacial score (nSPS) is 14.4. The second kappa shape index (κ2) is 7.17. The quantitative estimate of drug-likeness (QED) is 0.936. The Bertz CT molecular complexity index is 746. The van der Waals surface area contributed by atoms with Gasteiger partial charge in [0.25, 0.3) is 0 Å². The summed E-state index contributed by atoms with van der Waals surface area (Å²) >= 11 is 0. The Kier molecular flexibility index (Phi) is 4.79. The molecule has 0 spiro atoms. The number of amides is 1. The van der Waals surface area contributed by atoms with Crippen LogP contribution in [0.25, 0.3) is 5.57 Å². The molecule has 1 saturated heterocycles. The molecular formula is C19H20N2O3. The summed E-state index contributed by atoms with van der Waals surface area (Å²) < 4.78 is 5.26. The van der Waals surface area contributed by atoms with Gasteiger partial charge < -0.3 is 14.7 Å². The van der Waals surface area contributed by atoms with Gasteiger partial charge in [-0.1, -0.05) is 35.9 Å². The van der Waals surface area contributed by atoms with E-state index >= 15 is 0 Å². The maximum atomic E-state index is 11.1. The molecule has 1 aliphatic rings. The molecule has 0 radical (unpaired) electrons. The first-order valence-corrected chi connectivity index (χ1v) is 7.95. The van der Waals surface area contributed by atoms with E-state index in [1.807, 2.05) is 30.3 Å². The standard InChI is InChI=1S/C19H20N2O3/c1-24-17-13-16(7-10-20-17)18(14-5-3-2-4-6-14)15-8-11-21(12-9-15)19(22)23/h2-7,10,13H,8-9,11-12H2,1H3,(H,22,23). The van der Waals surface area contributed by atoms with Crippen molar-refractivity contribution in [3.05, 3.63) is 65.4 Å². The van der Waals surface area contributed by atoms with Crippen LogP contribution in [0.3, 0.4) is 0 Å². The largest absolute Gasteiger partial charge is 0.481 e. The number of methoxy groups -OCH3 is 1. The molecular weight excluding hydrogens is 304 g/mol. The van der Waals surface area contributed by atoms with Crippen LogP contribution in [0.1, 0.15) is 24.0 Å². The van der Waals surface area contributed by atoms with Crippen LogP contribution in [0.15, 0.2) is 54.2 Å². The van der Waals surface area contributed by atoms with Gasteiger partial charge in [0.2, 0.25) is 5.88 Å². The number of hydrogen-bond donors (Lipinski definition) is 1. The van der Waals surface area contributed by atoms with Crippen LogP contribution in [0.5, 0.6) is 5.88 Å². The highest BCUT2D eigenvalue weighted by atomic mass is 16.5. The van der Waals surface area contributed by atoms with Crippen LogP contribution in [0.2, 0.25) is 0 Å². The zero-order chi connectivity index (χ0) is 16.9. The van der Waals surface area contributed by atoms with Gasteiger partial charge in [-0.2, -0.15) is 0 Å². The zero-order valence-corrected chi connectivity index (χ0v) is 13.6. The molecule has 5 heteroatoms. The number of rotatable bonds is 3. The van der Waals surface area contributed by atoms with Crippen molar-refractivity contribution in [1.29, 1.82) is 0 Å².